The number of carbonyl (C=O) groups excluding carboxylic acids is 1. The molecule has 1 fully saturated rings. The van der Waals surface area contributed by atoms with E-state index in [1.54, 1.807) is 9.47 Å². The molecule has 1 aliphatic heterocycles. The van der Waals surface area contributed by atoms with Crippen LogP contribution in [-0.4, -0.2) is 51.1 Å². The van der Waals surface area contributed by atoms with Gasteiger partial charge in [-0.05, 0) is 12.1 Å². The molecule has 168 valence electrons. The van der Waals surface area contributed by atoms with Crippen LogP contribution in [0.1, 0.15) is 16.2 Å². The summed E-state index contributed by atoms with van der Waals surface area (Å²) in [6.07, 6.45) is 0. The standard InChI is InChI=1S/C24H24N6O2S/c25-23-27-18(16-33-23)15-29-21(22(31)28-13-11-26-12-14-28)20(17-7-3-1-4-8-17)30(24(29)32)19-9-5-2-6-10-19/h1-10,16,26H,11-15H2,(H2,25,27). The van der Waals surface area contributed by atoms with E-state index in [0.29, 0.717) is 41.0 Å². The van der Waals surface area contributed by atoms with Gasteiger partial charge in [-0.25, -0.2) is 9.78 Å². The predicted octanol–water partition coefficient (Wildman–Crippen LogP) is 2.44. The van der Waals surface area contributed by atoms with Crippen LogP contribution in [0, 0.1) is 0 Å². The number of nitrogens with zero attached hydrogens (tertiary/aromatic N) is 4. The Kier molecular flexibility index (Phi) is 5.80. The van der Waals surface area contributed by atoms with Crippen molar-refractivity contribution in [2.75, 3.05) is 31.9 Å². The van der Waals surface area contributed by atoms with Crippen LogP contribution in [0.5, 0.6) is 0 Å². The summed E-state index contributed by atoms with van der Waals surface area (Å²) in [7, 11) is 0. The van der Waals surface area contributed by atoms with Crippen molar-refractivity contribution < 1.29 is 4.79 Å². The third kappa shape index (κ3) is 4.08. The second kappa shape index (κ2) is 9.05. The van der Waals surface area contributed by atoms with Crippen LogP contribution >= 0.6 is 11.3 Å². The van der Waals surface area contributed by atoms with Gasteiger partial charge in [0.15, 0.2) is 5.13 Å². The maximum Gasteiger partial charge on any atom is 0.334 e. The molecular weight excluding hydrogens is 436 g/mol. The number of imidazole rings is 1. The molecule has 0 unspecified atom stereocenters. The zero-order valence-electron chi connectivity index (χ0n) is 18.0. The largest absolute Gasteiger partial charge is 0.375 e. The third-order valence-corrected chi connectivity index (χ3v) is 6.42. The highest BCUT2D eigenvalue weighted by molar-refractivity contribution is 7.13. The molecule has 1 saturated heterocycles. The molecule has 8 nitrogen and oxygen atoms in total. The Hall–Kier alpha value is -3.69. The summed E-state index contributed by atoms with van der Waals surface area (Å²) in [6.45, 7) is 2.78. The third-order valence-electron chi connectivity index (χ3n) is 5.70. The van der Waals surface area contributed by atoms with Gasteiger partial charge in [0, 0.05) is 37.1 Å². The fraction of sp³-hybridized carbons (Fsp3) is 0.208. The van der Waals surface area contributed by atoms with E-state index < -0.39 is 0 Å². The first kappa shape index (κ1) is 21.2. The minimum Gasteiger partial charge on any atom is -0.375 e. The second-order valence-electron chi connectivity index (χ2n) is 7.82. The maximum atomic E-state index is 13.9. The molecule has 1 amide bonds. The Labute approximate surface area is 194 Å². The van der Waals surface area contributed by atoms with Crippen molar-refractivity contribution in [1.29, 1.82) is 0 Å². The van der Waals surface area contributed by atoms with Crippen molar-refractivity contribution in [2.24, 2.45) is 0 Å². The normalized spacial score (nSPS) is 13.9. The van der Waals surface area contributed by atoms with E-state index >= 15 is 0 Å². The zero-order valence-corrected chi connectivity index (χ0v) is 18.8. The first-order valence-electron chi connectivity index (χ1n) is 10.8. The molecule has 0 spiro atoms. The lowest BCUT2D eigenvalue weighted by Gasteiger charge is -2.28. The minimum atomic E-state index is -0.287. The highest BCUT2D eigenvalue weighted by Crippen LogP contribution is 2.28. The zero-order chi connectivity index (χ0) is 22.8. The molecule has 5 rings (SSSR count). The van der Waals surface area contributed by atoms with Crippen molar-refractivity contribution in [3.05, 3.63) is 87.9 Å². The van der Waals surface area contributed by atoms with E-state index in [9.17, 15) is 9.59 Å². The molecule has 3 N–H and O–H groups in total. The number of piperazine rings is 1. The average molecular weight is 461 g/mol. The van der Waals surface area contributed by atoms with Gasteiger partial charge >= 0.3 is 5.69 Å². The molecule has 33 heavy (non-hydrogen) atoms. The number of benzene rings is 2. The first-order valence-corrected chi connectivity index (χ1v) is 11.7. The molecule has 4 aromatic rings. The number of carbonyl (C=O) groups is 1. The summed E-state index contributed by atoms with van der Waals surface area (Å²) in [5, 5.41) is 5.53. The van der Waals surface area contributed by atoms with E-state index in [0.717, 1.165) is 18.7 Å². The van der Waals surface area contributed by atoms with Gasteiger partial charge in [0.05, 0.1) is 23.6 Å². The lowest BCUT2D eigenvalue weighted by atomic mass is 10.1. The topological polar surface area (TPSA) is 98.2 Å². The van der Waals surface area contributed by atoms with Gasteiger partial charge in [-0.3, -0.25) is 13.9 Å². The quantitative estimate of drug-likeness (QED) is 0.477. The molecule has 0 aliphatic carbocycles. The van der Waals surface area contributed by atoms with Gasteiger partial charge in [0.2, 0.25) is 0 Å². The van der Waals surface area contributed by atoms with E-state index in [1.165, 1.54) is 15.9 Å². The second-order valence-corrected chi connectivity index (χ2v) is 8.71. The number of hydrogen-bond acceptors (Lipinski definition) is 6. The van der Waals surface area contributed by atoms with Crippen LogP contribution in [0.25, 0.3) is 16.9 Å². The van der Waals surface area contributed by atoms with Gasteiger partial charge in [0.25, 0.3) is 5.91 Å². The number of hydrogen-bond donors (Lipinski definition) is 2. The molecule has 9 heteroatoms. The summed E-state index contributed by atoms with van der Waals surface area (Å²) >= 11 is 1.32. The van der Waals surface area contributed by atoms with E-state index in [2.05, 4.69) is 10.3 Å². The van der Waals surface area contributed by atoms with E-state index in [-0.39, 0.29) is 18.1 Å². The first-order chi connectivity index (χ1) is 16.1. The summed E-state index contributed by atoms with van der Waals surface area (Å²) in [6, 6.07) is 19.0. The number of rotatable bonds is 5. The number of nitrogens with one attached hydrogen (secondary N) is 1. The SMILES string of the molecule is Nc1nc(Cn2c(C(=O)N3CCNCC3)c(-c3ccccc3)n(-c3ccccc3)c2=O)cs1. The minimum absolute atomic E-state index is 0.162. The lowest BCUT2D eigenvalue weighted by molar-refractivity contribution is 0.0725. The Balaban J connectivity index is 1.78. The van der Waals surface area contributed by atoms with Crippen LogP contribution in [0.15, 0.2) is 70.8 Å². The van der Waals surface area contributed by atoms with Crippen molar-refractivity contribution in [1.82, 2.24) is 24.3 Å². The van der Waals surface area contributed by atoms with Gasteiger partial charge < -0.3 is 16.0 Å². The molecule has 1 aliphatic rings. The fourth-order valence-electron chi connectivity index (χ4n) is 4.16. The number of anilines is 1. The van der Waals surface area contributed by atoms with Crippen molar-refractivity contribution >= 4 is 22.4 Å². The fourth-order valence-corrected chi connectivity index (χ4v) is 4.72. The smallest absolute Gasteiger partial charge is 0.334 e. The Morgan fingerprint density at radius 3 is 2.33 bits per heavy atom. The molecular formula is C24H24N6O2S. The number of thiazole rings is 1. The van der Waals surface area contributed by atoms with Crippen LogP contribution < -0.4 is 16.7 Å². The van der Waals surface area contributed by atoms with Gasteiger partial charge in [0.1, 0.15) is 5.69 Å². The van der Waals surface area contributed by atoms with Gasteiger partial charge in [-0.2, -0.15) is 0 Å². The predicted molar refractivity (Wildman–Crippen MR) is 130 cm³/mol. The molecule has 3 heterocycles. The van der Waals surface area contributed by atoms with Crippen LogP contribution in [0.4, 0.5) is 5.13 Å². The van der Waals surface area contributed by atoms with E-state index in [4.69, 9.17) is 5.73 Å². The van der Waals surface area contributed by atoms with Crippen molar-refractivity contribution in [2.45, 2.75) is 6.54 Å². The Morgan fingerprint density at radius 1 is 1.03 bits per heavy atom. The van der Waals surface area contributed by atoms with Gasteiger partial charge in [-0.15, -0.1) is 11.3 Å². The lowest BCUT2D eigenvalue weighted by Crippen LogP contribution is -2.47. The highest BCUT2D eigenvalue weighted by atomic mass is 32.1. The summed E-state index contributed by atoms with van der Waals surface area (Å²) in [5.74, 6) is -0.162. The number of para-hydroxylation sites is 1. The van der Waals surface area contributed by atoms with Crippen LogP contribution in [0.2, 0.25) is 0 Å². The highest BCUT2D eigenvalue weighted by Gasteiger charge is 2.31. The van der Waals surface area contributed by atoms with Crippen molar-refractivity contribution in [3.8, 4) is 16.9 Å². The van der Waals surface area contributed by atoms with E-state index in [1.807, 2.05) is 66.0 Å². The summed E-state index contributed by atoms with van der Waals surface area (Å²) in [4.78, 5) is 33.9. The number of aromatic nitrogens is 3. The molecule has 0 atom stereocenters. The number of nitrogen functional groups attached to an aromatic ring is 1. The molecule has 0 bridgehead atoms. The Morgan fingerprint density at radius 2 is 1.70 bits per heavy atom. The molecule has 2 aromatic carbocycles. The maximum absolute atomic E-state index is 13.9. The number of amides is 1. The van der Waals surface area contributed by atoms with Crippen LogP contribution in [0.3, 0.4) is 0 Å². The van der Waals surface area contributed by atoms with Crippen molar-refractivity contribution in [3.63, 3.8) is 0 Å². The summed E-state index contributed by atoms with van der Waals surface area (Å²) < 4.78 is 3.16. The molecule has 2 aromatic heterocycles. The molecule has 0 radical (unpaired) electrons. The average Bonchev–Trinajstić information content (AvgIpc) is 3.40. The monoisotopic (exact) mass is 460 g/mol. The van der Waals surface area contributed by atoms with Crippen LogP contribution in [-0.2, 0) is 6.54 Å². The number of nitrogens with two attached hydrogens (primary N) is 1. The Bertz CT molecular complexity index is 1320. The molecule has 0 saturated carbocycles. The summed E-state index contributed by atoms with van der Waals surface area (Å²) in [5.41, 5.74) is 8.65. The van der Waals surface area contributed by atoms with Gasteiger partial charge in [-0.1, -0.05) is 48.5 Å².